The molecule has 0 saturated carbocycles. The molecule has 2 heterocycles. The van der Waals surface area contributed by atoms with Gasteiger partial charge in [0.1, 0.15) is 0 Å². The second-order valence-electron chi connectivity index (χ2n) is 8.81. The van der Waals surface area contributed by atoms with Gasteiger partial charge in [-0.3, -0.25) is 24.3 Å². The van der Waals surface area contributed by atoms with Crippen LogP contribution in [0.1, 0.15) is 27.3 Å². The Labute approximate surface area is 236 Å². The number of anilines is 1. The standard InChI is InChI=1S/C27H23BrN6O4S/c1-17-21(6-4-8-22(17)34(37)38)26(36)29-15-24-30-31-27(33(24)20-11-9-19(28)10-12-20)39-16-25(35)32-14-13-18-5-2-3-7-23(18)32/h2-12H,13-16H2,1H3,(H,29,36). The number of nitrogens with one attached hydrogen (secondary N) is 1. The lowest BCUT2D eigenvalue weighted by molar-refractivity contribution is -0.385. The average molecular weight is 607 g/mol. The number of carbonyl (C=O) groups is 2. The van der Waals surface area contributed by atoms with Crippen LogP contribution in [-0.4, -0.2) is 43.8 Å². The number of nitro groups is 1. The van der Waals surface area contributed by atoms with E-state index >= 15 is 0 Å². The fourth-order valence-electron chi connectivity index (χ4n) is 4.48. The molecule has 0 radical (unpaired) electrons. The van der Waals surface area contributed by atoms with E-state index in [4.69, 9.17) is 0 Å². The van der Waals surface area contributed by atoms with Crippen LogP contribution < -0.4 is 10.2 Å². The molecule has 0 atom stereocenters. The minimum Gasteiger partial charge on any atom is -0.345 e. The minimum absolute atomic E-state index is 0.0219. The summed E-state index contributed by atoms with van der Waals surface area (Å²) in [6.07, 6.45) is 0.829. The Kier molecular flexibility index (Phi) is 7.75. The largest absolute Gasteiger partial charge is 0.345 e. The monoisotopic (exact) mass is 606 g/mol. The van der Waals surface area contributed by atoms with Gasteiger partial charge in [0.05, 0.1) is 17.2 Å². The Morgan fingerprint density at radius 1 is 1.08 bits per heavy atom. The second-order valence-corrected chi connectivity index (χ2v) is 10.7. The van der Waals surface area contributed by atoms with Crippen molar-refractivity contribution >= 4 is 50.9 Å². The van der Waals surface area contributed by atoms with Gasteiger partial charge in [-0.2, -0.15) is 0 Å². The molecule has 0 fully saturated rings. The number of fused-ring (bicyclic) bond motifs is 1. The van der Waals surface area contributed by atoms with Crippen molar-refractivity contribution in [3.63, 3.8) is 0 Å². The lowest BCUT2D eigenvalue weighted by atomic mass is 10.1. The first-order valence-corrected chi connectivity index (χ1v) is 13.8. The van der Waals surface area contributed by atoms with Crippen molar-refractivity contribution in [3.8, 4) is 5.69 Å². The Bertz CT molecular complexity index is 1570. The van der Waals surface area contributed by atoms with Gasteiger partial charge in [0.25, 0.3) is 11.6 Å². The van der Waals surface area contributed by atoms with Gasteiger partial charge in [-0.1, -0.05) is 52.0 Å². The smallest absolute Gasteiger partial charge is 0.273 e. The third-order valence-corrected chi connectivity index (χ3v) is 7.89. The van der Waals surface area contributed by atoms with Gasteiger partial charge in [-0.05, 0) is 55.3 Å². The molecule has 0 bridgehead atoms. The minimum atomic E-state index is -0.512. The lowest BCUT2D eigenvalue weighted by Gasteiger charge is -2.17. The van der Waals surface area contributed by atoms with Crippen molar-refractivity contribution in [3.05, 3.63) is 104 Å². The number of aromatic nitrogens is 3. The van der Waals surface area contributed by atoms with Crippen molar-refractivity contribution in [2.24, 2.45) is 0 Å². The summed E-state index contributed by atoms with van der Waals surface area (Å²) in [5.41, 5.74) is 3.24. The first-order valence-electron chi connectivity index (χ1n) is 12.1. The van der Waals surface area contributed by atoms with E-state index in [1.54, 1.807) is 22.5 Å². The van der Waals surface area contributed by atoms with Crippen LogP contribution in [0.2, 0.25) is 0 Å². The molecule has 4 aromatic rings. The Morgan fingerprint density at radius 2 is 1.85 bits per heavy atom. The molecule has 1 aliphatic rings. The van der Waals surface area contributed by atoms with E-state index < -0.39 is 10.8 Å². The summed E-state index contributed by atoms with van der Waals surface area (Å²) in [6, 6.07) is 19.8. The van der Waals surface area contributed by atoms with E-state index in [0.29, 0.717) is 17.5 Å². The van der Waals surface area contributed by atoms with Crippen molar-refractivity contribution in [1.82, 2.24) is 20.1 Å². The number of benzene rings is 3. The quantitative estimate of drug-likeness (QED) is 0.173. The van der Waals surface area contributed by atoms with Crippen molar-refractivity contribution in [2.75, 3.05) is 17.2 Å². The van der Waals surface area contributed by atoms with Crippen LogP contribution in [0.5, 0.6) is 0 Å². The molecular formula is C27H23BrN6O4S. The fraction of sp³-hybridized carbons (Fsp3) is 0.185. The summed E-state index contributed by atoms with van der Waals surface area (Å²) in [5.74, 6) is 0.141. The summed E-state index contributed by atoms with van der Waals surface area (Å²) >= 11 is 4.72. The van der Waals surface area contributed by atoms with Crippen LogP contribution in [0.4, 0.5) is 11.4 Å². The highest BCUT2D eigenvalue weighted by Gasteiger charge is 2.25. The Morgan fingerprint density at radius 3 is 2.62 bits per heavy atom. The molecule has 1 N–H and O–H groups in total. The molecular weight excluding hydrogens is 584 g/mol. The molecule has 0 saturated heterocycles. The first kappa shape index (κ1) is 26.6. The summed E-state index contributed by atoms with van der Waals surface area (Å²) in [6.45, 7) is 2.21. The van der Waals surface area contributed by atoms with Crippen LogP contribution >= 0.6 is 27.7 Å². The third kappa shape index (κ3) is 5.57. The van der Waals surface area contributed by atoms with Gasteiger partial charge in [0.15, 0.2) is 11.0 Å². The SMILES string of the molecule is Cc1c(C(=O)NCc2nnc(SCC(=O)N3CCc4ccccc43)n2-c2ccc(Br)cc2)cccc1[N+](=O)[O-]. The summed E-state index contributed by atoms with van der Waals surface area (Å²) in [5, 5.41) is 23.2. The molecule has 198 valence electrons. The zero-order valence-corrected chi connectivity index (χ0v) is 23.2. The topological polar surface area (TPSA) is 123 Å². The predicted molar refractivity (Wildman–Crippen MR) is 151 cm³/mol. The summed E-state index contributed by atoms with van der Waals surface area (Å²) < 4.78 is 2.69. The number of hydrogen-bond acceptors (Lipinski definition) is 7. The van der Waals surface area contributed by atoms with Crippen LogP contribution in [0.25, 0.3) is 5.69 Å². The van der Waals surface area contributed by atoms with Crippen molar-refractivity contribution < 1.29 is 14.5 Å². The molecule has 0 aliphatic carbocycles. The Hall–Kier alpha value is -4.03. The molecule has 12 heteroatoms. The number of thioether (sulfide) groups is 1. The maximum atomic E-state index is 13.1. The van der Waals surface area contributed by atoms with Gasteiger partial charge in [-0.15, -0.1) is 10.2 Å². The van der Waals surface area contributed by atoms with Gasteiger partial charge >= 0.3 is 0 Å². The highest BCUT2D eigenvalue weighted by molar-refractivity contribution is 9.10. The summed E-state index contributed by atoms with van der Waals surface area (Å²) in [7, 11) is 0. The predicted octanol–water partition coefficient (Wildman–Crippen LogP) is 4.86. The average Bonchev–Trinajstić information content (AvgIpc) is 3.55. The normalized spacial score (nSPS) is 12.3. The van der Waals surface area contributed by atoms with E-state index in [1.807, 2.05) is 48.5 Å². The van der Waals surface area contributed by atoms with Crippen molar-refractivity contribution in [2.45, 2.75) is 25.0 Å². The maximum Gasteiger partial charge on any atom is 0.273 e. The molecule has 5 rings (SSSR count). The molecule has 0 spiro atoms. The van der Waals surface area contributed by atoms with Gasteiger partial charge in [0, 0.05) is 39.6 Å². The lowest BCUT2D eigenvalue weighted by Crippen LogP contribution is -2.30. The highest BCUT2D eigenvalue weighted by atomic mass is 79.9. The number of hydrogen-bond donors (Lipinski definition) is 1. The second kappa shape index (κ2) is 11.4. The first-order chi connectivity index (χ1) is 18.8. The zero-order chi connectivity index (χ0) is 27.5. The number of nitro benzene ring substituents is 1. The number of halogens is 1. The highest BCUT2D eigenvalue weighted by Crippen LogP contribution is 2.30. The molecule has 1 aromatic heterocycles. The number of carbonyl (C=O) groups excluding carboxylic acids is 2. The van der Waals surface area contributed by atoms with E-state index in [2.05, 4.69) is 31.4 Å². The van der Waals surface area contributed by atoms with Crippen LogP contribution in [0, 0.1) is 17.0 Å². The van der Waals surface area contributed by atoms with Gasteiger partial charge in [0.2, 0.25) is 5.91 Å². The molecule has 3 aromatic carbocycles. The van der Waals surface area contributed by atoms with E-state index in [9.17, 15) is 19.7 Å². The third-order valence-electron chi connectivity index (χ3n) is 6.45. The van der Waals surface area contributed by atoms with Crippen LogP contribution in [-0.2, 0) is 17.8 Å². The number of rotatable bonds is 8. The van der Waals surface area contributed by atoms with Crippen LogP contribution in [0.3, 0.4) is 0 Å². The van der Waals surface area contributed by atoms with E-state index in [0.717, 1.165) is 27.8 Å². The van der Waals surface area contributed by atoms with Crippen molar-refractivity contribution in [1.29, 1.82) is 0 Å². The molecule has 39 heavy (non-hydrogen) atoms. The molecule has 2 amide bonds. The summed E-state index contributed by atoms with van der Waals surface area (Å²) in [4.78, 5) is 38.6. The van der Waals surface area contributed by atoms with E-state index in [-0.39, 0.29) is 35.0 Å². The zero-order valence-electron chi connectivity index (χ0n) is 20.8. The molecule has 0 unspecified atom stereocenters. The molecule has 1 aliphatic heterocycles. The van der Waals surface area contributed by atoms with Gasteiger partial charge in [-0.25, -0.2) is 0 Å². The van der Waals surface area contributed by atoms with E-state index in [1.165, 1.54) is 23.9 Å². The Balaban J connectivity index is 1.36. The number of para-hydroxylation sites is 1. The maximum absolute atomic E-state index is 13.1. The number of nitrogens with zero attached hydrogens (tertiary/aromatic N) is 5. The molecule has 10 nitrogen and oxygen atoms in total. The number of amides is 2. The van der Waals surface area contributed by atoms with Crippen LogP contribution in [0.15, 0.2) is 76.4 Å². The van der Waals surface area contributed by atoms with Gasteiger partial charge < -0.3 is 10.2 Å². The fourth-order valence-corrected chi connectivity index (χ4v) is 5.59.